The van der Waals surface area contributed by atoms with Crippen LogP contribution in [0.15, 0.2) is 18.3 Å². The van der Waals surface area contributed by atoms with Crippen molar-refractivity contribution in [3.05, 3.63) is 23.9 Å². The Kier molecular flexibility index (Phi) is 3.84. The van der Waals surface area contributed by atoms with E-state index in [1.165, 1.54) is 0 Å². The number of hydrogen-bond donors (Lipinski definition) is 3. The van der Waals surface area contributed by atoms with E-state index in [4.69, 9.17) is 5.84 Å². The molecule has 0 unspecified atom stereocenters. The molecule has 1 aromatic rings. The zero-order valence-corrected chi connectivity index (χ0v) is 9.87. The third-order valence-corrected chi connectivity index (χ3v) is 2.51. The van der Waals surface area contributed by atoms with Crippen molar-refractivity contribution in [1.29, 1.82) is 0 Å². The first-order valence-electron chi connectivity index (χ1n) is 5.23. The fourth-order valence-electron chi connectivity index (χ4n) is 1.12. The van der Waals surface area contributed by atoms with Crippen molar-refractivity contribution >= 4 is 11.7 Å². The molecule has 1 rings (SSSR count). The molecule has 4 N–H and O–H groups in total. The molecular formula is C11H18N4O. The van der Waals surface area contributed by atoms with Crippen molar-refractivity contribution in [3.63, 3.8) is 0 Å². The number of carbonyl (C=O) groups is 1. The van der Waals surface area contributed by atoms with E-state index in [9.17, 15) is 4.79 Å². The monoisotopic (exact) mass is 222 g/mol. The summed E-state index contributed by atoms with van der Waals surface area (Å²) in [6, 6.07) is 3.27. The van der Waals surface area contributed by atoms with Crippen LogP contribution < -0.4 is 16.6 Å². The normalized spacial score (nSPS) is 11.0. The number of hydrogen-bond acceptors (Lipinski definition) is 4. The maximum absolute atomic E-state index is 11.9. The van der Waals surface area contributed by atoms with Crippen molar-refractivity contribution in [3.8, 4) is 0 Å². The SMILES string of the molecule is CCC(C)(C)NC(=O)c1ccnc(NN)c1. The number of rotatable bonds is 4. The number of nitrogens with one attached hydrogen (secondary N) is 2. The Hall–Kier alpha value is -1.62. The summed E-state index contributed by atoms with van der Waals surface area (Å²) in [5.74, 6) is 5.58. The second-order valence-corrected chi connectivity index (χ2v) is 4.27. The molecule has 0 aromatic carbocycles. The third kappa shape index (κ3) is 3.20. The minimum atomic E-state index is -0.212. The highest BCUT2D eigenvalue weighted by Crippen LogP contribution is 2.10. The molecule has 0 saturated heterocycles. The zero-order valence-electron chi connectivity index (χ0n) is 9.87. The Bertz CT molecular complexity index is 376. The van der Waals surface area contributed by atoms with Crippen molar-refractivity contribution in [2.45, 2.75) is 32.7 Å². The number of nitrogens with two attached hydrogens (primary N) is 1. The molecule has 1 heterocycles. The molecule has 88 valence electrons. The predicted octanol–water partition coefficient (Wildman–Crippen LogP) is 1.29. The Labute approximate surface area is 95.4 Å². The van der Waals surface area contributed by atoms with Gasteiger partial charge in [-0.2, -0.15) is 0 Å². The van der Waals surface area contributed by atoms with E-state index >= 15 is 0 Å². The van der Waals surface area contributed by atoms with Gasteiger partial charge in [0.05, 0.1) is 0 Å². The molecule has 0 atom stereocenters. The van der Waals surface area contributed by atoms with Crippen LogP contribution in [0.3, 0.4) is 0 Å². The highest BCUT2D eigenvalue weighted by molar-refractivity contribution is 5.95. The van der Waals surface area contributed by atoms with Crippen molar-refractivity contribution in [2.24, 2.45) is 5.84 Å². The van der Waals surface area contributed by atoms with Gasteiger partial charge in [0.25, 0.3) is 5.91 Å². The lowest BCUT2D eigenvalue weighted by Crippen LogP contribution is -2.42. The fraction of sp³-hybridized carbons (Fsp3) is 0.455. The highest BCUT2D eigenvalue weighted by Gasteiger charge is 2.18. The van der Waals surface area contributed by atoms with Crippen LogP contribution in [0.5, 0.6) is 0 Å². The molecule has 5 heteroatoms. The van der Waals surface area contributed by atoms with Gasteiger partial charge in [-0.25, -0.2) is 10.8 Å². The largest absolute Gasteiger partial charge is 0.347 e. The van der Waals surface area contributed by atoms with E-state index in [-0.39, 0.29) is 11.4 Å². The van der Waals surface area contributed by atoms with E-state index < -0.39 is 0 Å². The summed E-state index contributed by atoms with van der Waals surface area (Å²) in [6.07, 6.45) is 2.41. The van der Waals surface area contributed by atoms with Crippen LogP contribution in [0.1, 0.15) is 37.6 Å². The second-order valence-electron chi connectivity index (χ2n) is 4.27. The van der Waals surface area contributed by atoms with E-state index in [0.29, 0.717) is 11.4 Å². The van der Waals surface area contributed by atoms with Crippen molar-refractivity contribution in [1.82, 2.24) is 10.3 Å². The van der Waals surface area contributed by atoms with E-state index in [1.54, 1.807) is 18.3 Å². The maximum atomic E-state index is 11.9. The summed E-state index contributed by atoms with van der Waals surface area (Å²) in [7, 11) is 0. The molecule has 1 aromatic heterocycles. The summed E-state index contributed by atoms with van der Waals surface area (Å²) >= 11 is 0. The van der Waals surface area contributed by atoms with Crippen LogP contribution in [0.4, 0.5) is 5.82 Å². The summed E-state index contributed by atoms with van der Waals surface area (Å²) in [6.45, 7) is 5.99. The lowest BCUT2D eigenvalue weighted by molar-refractivity contribution is 0.0911. The molecule has 0 bridgehead atoms. The van der Waals surface area contributed by atoms with Gasteiger partial charge in [-0.3, -0.25) is 4.79 Å². The van der Waals surface area contributed by atoms with Crippen LogP contribution in [0, 0.1) is 0 Å². The number of amides is 1. The van der Waals surface area contributed by atoms with Crippen LogP contribution in [-0.2, 0) is 0 Å². The van der Waals surface area contributed by atoms with E-state index in [0.717, 1.165) is 6.42 Å². The number of carbonyl (C=O) groups excluding carboxylic acids is 1. The van der Waals surface area contributed by atoms with Gasteiger partial charge < -0.3 is 10.7 Å². The van der Waals surface area contributed by atoms with Gasteiger partial charge in [0.1, 0.15) is 5.82 Å². The van der Waals surface area contributed by atoms with Crippen molar-refractivity contribution < 1.29 is 4.79 Å². The highest BCUT2D eigenvalue weighted by atomic mass is 16.1. The number of nitrogen functional groups attached to an aromatic ring is 1. The first kappa shape index (κ1) is 12.4. The van der Waals surface area contributed by atoms with Gasteiger partial charge in [-0.15, -0.1) is 0 Å². The molecule has 16 heavy (non-hydrogen) atoms. The number of pyridine rings is 1. The summed E-state index contributed by atoms with van der Waals surface area (Å²) in [4.78, 5) is 15.8. The lowest BCUT2D eigenvalue weighted by atomic mass is 10.0. The quantitative estimate of drug-likeness (QED) is 0.529. The fourth-order valence-corrected chi connectivity index (χ4v) is 1.12. The molecular weight excluding hydrogens is 204 g/mol. The number of aromatic nitrogens is 1. The Balaban J connectivity index is 2.80. The minimum absolute atomic E-state index is 0.120. The molecule has 0 aliphatic heterocycles. The summed E-state index contributed by atoms with van der Waals surface area (Å²) < 4.78 is 0. The topological polar surface area (TPSA) is 80.0 Å². The smallest absolute Gasteiger partial charge is 0.251 e. The minimum Gasteiger partial charge on any atom is -0.347 e. The molecule has 0 fully saturated rings. The van der Waals surface area contributed by atoms with E-state index in [2.05, 4.69) is 15.7 Å². The first-order chi connectivity index (χ1) is 7.48. The summed E-state index contributed by atoms with van der Waals surface area (Å²) in [5, 5.41) is 2.94. The predicted molar refractivity (Wildman–Crippen MR) is 63.9 cm³/mol. The van der Waals surface area contributed by atoms with Crippen LogP contribution in [0.25, 0.3) is 0 Å². The van der Waals surface area contributed by atoms with Gasteiger partial charge in [-0.1, -0.05) is 6.92 Å². The van der Waals surface area contributed by atoms with Gasteiger partial charge in [0, 0.05) is 17.3 Å². The average molecular weight is 222 g/mol. The first-order valence-corrected chi connectivity index (χ1v) is 5.23. The van der Waals surface area contributed by atoms with Gasteiger partial charge in [0.2, 0.25) is 0 Å². The second kappa shape index (κ2) is 4.94. The van der Waals surface area contributed by atoms with Gasteiger partial charge in [-0.05, 0) is 32.4 Å². The molecule has 0 aliphatic carbocycles. The van der Waals surface area contributed by atoms with Gasteiger partial charge >= 0.3 is 0 Å². The van der Waals surface area contributed by atoms with Gasteiger partial charge in [0.15, 0.2) is 0 Å². The Morgan fingerprint density at radius 3 is 2.81 bits per heavy atom. The lowest BCUT2D eigenvalue weighted by Gasteiger charge is -2.24. The maximum Gasteiger partial charge on any atom is 0.251 e. The third-order valence-electron chi connectivity index (χ3n) is 2.51. The molecule has 1 amide bonds. The van der Waals surface area contributed by atoms with Crippen molar-refractivity contribution in [2.75, 3.05) is 5.43 Å². The van der Waals surface area contributed by atoms with E-state index in [1.807, 2.05) is 20.8 Å². The number of hydrazine groups is 1. The van der Waals surface area contributed by atoms with Crippen LogP contribution in [-0.4, -0.2) is 16.4 Å². The standard InChI is InChI=1S/C11H18N4O/c1-4-11(2,3)14-10(16)8-5-6-13-9(7-8)15-12/h5-7H,4,12H2,1-3H3,(H,13,15)(H,14,16). The molecule has 0 saturated carbocycles. The van der Waals surface area contributed by atoms with Crippen LogP contribution >= 0.6 is 0 Å². The average Bonchev–Trinajstić information content (AvgIpc) is 2.28. The summed E-state index contributed by atoms with van der Waals surface area (Å²) in [5.41, 5.74) is 2.74. The number of nitrogens with zero attached hydrogens (tertiary/aromatic N) is 1. The Morgan fingerprint density at radius 1 is 1.56 bits per heavy atom. The van der Waals surface area contributed by atoms with Crippen LogP contribution in [0.2, 0.25) is 0 Å². The molecule has 0 aliphatic rings. The molecule has 5 nitrogen and oxygen atoms in total. The molecule has 0 radical (unpaired) electrons. The Morgan fingerprint density at radius 2 is 2.25 bits per heavy atom. The number of anilines is 1. The molecule has 0 spiro atoms. The zero-order chi connectivity index (χ0) is 12.2.